The number of aliphatic hydroxyl groups is 2. The van der Waals surface area contributed by atoms with Crippen molar-refractivity contribution in [1.29, 1.82) is 0 Å². The van der Waals surface area contributed by atoms with Gasteiger partial charge >= 0.3 is 0 Å². The molecule has 3 aliphatic rings. The molecule has 140 valence electrons. The Kier molecular flexibility index (Phi) is 5.79. The summed E-state index contributed by atoms with van der Waals surface area (Å²) in [5, 5.41) is 21.3. The Labute approximate surface area is 151 Å². The molecule has 3 rings (SSSR count). The fourth-order valence-corrected chi connectivity index (χ4v) is 6.24. The van der Waals surface area contributed by atoms with Crippen LogP contribution >= 0.6 is 23.5 Å². The van der Waals surface area contributed by atoms with E-state index in [2.05, 4.69) is 0 Å². The highest BCUT2D eigenvalue weighted by atomic mass is 32.2. The van der Waals surface area contributed by atoms with Crippen LogP contribution in [0.1, 0.15) is 34.1 Å². The van der Waals surface area contributed by atoms with E-state index in [4.69, 9.17) is 18.9 Å². The lowest BCUT2D eigenvalue weighted by Crippen LogP contribution is -2.58. The van der Waals surface area contributed by atoms with E-state index in [0.717, 1.165) is 17.9 Å². The van der Waals surface area contributed by atoms with Gasteiger partial charge in [-0.25, -0.2) is 0 Å². The molecule has 24 heavy (non-hydrogen) atoms. The van der Waals surface area contributed by atoms with E-state index in [1.165, 1.54) is 0 Å². The summed E-state index contributed by atoms with van der Waals surface area (Å²) in [6.07, 6.45) is -2.04. The van der Waals surface area contributed by atoms with Gasteiger partial charge in [-0.1, -0.05) is 0 Å². The topological polar surface area (TPSA) is 77.4 Å². The molecule has 0 saturated carbocycles. The lowest BCUT2D eigenvalue weighted by atomic mass is 9.98. The summed E-state index contributed by atoms with van der Waals surface area (Å²) >= 11 is 3.51. The quantitative estimate of drug-likeness (QED) is 0.764. The van der Waals surface area contributed by atoms with Crippen molar-refractivity contribution >= 4 is 23.5 Å². The van der Waals surface area contributed by atoms with Crippen LogP contribution < -0.4 is 0 Å². The van der Waals surface area contributed by atoms with Crippen molar-refractivity contribution in [3.8, 4) is 0 Å². The van der Waals surface area contributed by atoms with Crippen molar-refractivity contribution in [2.24, 2.45) is 0 Å². The fraction of sp³-hybridized carbons (Fsp3) is 1.00. The Morgan fingerprint density at radius 1 is 0.958 bits per heavy atom. The Bertz CT molecular complexity index is 440. The van der Waals surface area contributed by atoms with Gasteiger partial charge < -0.3 is 29.2 Å². The van der Waals surface area contributed by atoms with E-state index in [1.54, 1.807) is 23.5 Å². The predicted molar refractivity (Wildman–Crippen MR) is 94.1 cm³/mol. The van der Waals surface area contributed by atoms with Gasteiger partial charge in [-0.15, -0.1) is 23.5 Å². The van der Waals surface area contributed by atoms with Crippen molar-refractivity contribution in [3.05, 3.63) is 0 Å². The van der Waals surface area contributed by atoms with Gasteiger partial charge in [0.25, 0.3) is 0 Å². The van der Waals surface area contributed by atoms with Crippen LogP contribution in [0.25, 0.3) is 0 Å². The SMILES string of the molecule is CC1(C)OC[C@@H](O)[C@H]([C@@H]2OC(C)(C)O[C@H]2C(O)C2SCCCS2)O1. The van der Waals surface area contributed by atoms with Gasteiger partial charge in [-0.05, 0) is 45.6 Å². The second-order valence-electron chi connectivity index (χ2n) is 7.38. The molecule has 3 aliphatic heterocycles. The Hall–Kier alpha value is 0.460. The summed E-state index contributed by atoms with van der Waals surface area (Å²) in [5.41, 5.74) is 0. The molecule has 0 spiro atoms. The van der Waals surface area contributed by atoms with Gasteiger partial charge in [-0.2, -0.15) is 0 Å². The first-order valence-corrected chi connectivity index (χ1v) is 10.5. The van der Waals surface area contributed by atoms with Crippen molar-refractivity contribution in [1.82, 2.24) is 0 Å². The number of hydrogen-bond donors (Lipinski definition) is 2. The first-order valence-electron chi connectivity index (χ1n) is 8.45. The molecular formula is C16H28O6S2. The third kappa shape index (κ3) is 4.23. The average molecular weight is 381 g/mol. The maximum atomic E-state index is 10.9. The second kappa shape index (κ2) is 7.23. The van der Waals surface area contributed by atoms with E-state index in [0.29, 0.717) is 0 Å². The van der Waals surface area contributed by atoms with Gasteiger partial charge in [0.1, 0.15) is 30.5 Å². The third-order valence-electron chi connectivity index (χ3n) is 4.36. The molecule has 3 heterocycles. The van der Waals surface area contributed by atoms with Crippen LogP contribution in [0.5, 0.6) is 0 Å². The number of rotatable bonds is 3. The van der Waals surface area contributed by atoms with Crippen LogP contribution in [0, 0.1) is 0 Å². The molecule has 0 amide bonds. The summed E-state index contributed by atoms with van der Waals surface area (Å²) in [6.45, 7) is 7.44. The zero-order valence-corrected chi connectivity index (χ0v) is 16.3. The lowest BCUT2D eigenvalue weighted by molar-refractivity contribution is -0.323. The molecule has 0 radical (unpaired) electrons. The van der Waals surface area contributed by atoms with E-state index < -0.39 is 42.1 Å². The zero-order valence-electron chi connectivity index (χ0n) is 14.6. The minimum absolute atomic E-state index is 0.0498. The molecule has 2 N–H and O–H groups in total. The first-order chi connectivity index (χ1) is 11.2. The molecule has 0 aromatic carbocycles. The molecule has 0 aromatic rings. The smallest absolute Gasteiger partial charge is 0.164 e. The highest BCUT2D eigenvalue weighted by Gasteiger charge is 2.54. The molecule has 3 fully saturated rings. The third-order valence-corrected chi connectivity index (χ3v) is 7.44. The Balaban J connectivity index is 1.78. The van der Waals surface area contributed by atoms with Crippen LogP contribution in [-0.4, -0.2) is 75.0 Å². The van der Waals surface area contributed by atoms with Crippen LogP contribution in [0.15, 0.2) is 0 Å². The highest BCUT2D eigenvalue weighted by molar-refractivity contribution is 8.17. The minimum Gasteiger partial charge on any atom is -0.388 e. The van der Waals surface area contributed by atoms with Crippen LogP contribution in [-0.2, 0) is 18.9 Å². The second-order valence-corrected chi connectivity index (χ2v) is 10.2. The fourth-order valence-electron chi connectivity index (χ4n) is 3.30. The number of thioether (sulfide) groups is 2. The van der Waals surface area contributed by atoms with Crippen molar-refractivity contribution in [3.63, 3.8) is 0 Å². The molecule has 6 nitrogen and oxygen atoms in total. The Morgan fingerprint density at radius 3 is 2.25 bits per heavy atom. The molecule has 8 heteroatoms. The van der Waals surface area contributed by atoms with Gasteiger partial charge in [0.05, 0.1) is 11.2 Å². The molecule has 0 aromatic heterocycles. The summed E-state index contributed by atoms with van der Waals surface area (Å²) in [5.74, 6) is 0.454. The van der Waals surface area contributed by atoms with Crippen molar-refractivity contribution in [2.45, 2.75) is 80.8 Å². The zero-order chi connectivity index (χ0) is 17.5. The van der Waals surface area contributed by atoms with Crippen molar-refractivity contribution < 1.29 is 29.2 Å². The standard InChI is InChI=1S/C16H28O6S2/c1-15(2)19-8-9(17)11(20-15)13-12(21-16(3,4)22-13)10(18)14-23-6-5-7-24-14/h9-14,17-18H,5-8H2,1-4H3/t9-,10?,11-,12+,13+/m1/s1. The predicted octanol–water partition coefficient (Wildman–Crippen LogP) is 1.58. The lowest BCUT2D eigenvalue weighted by Gasteiger charge is -2.42. The van der Waals surface area contributed by atoms with Crippen LogP contribution in [0.3, 0.4) is 0 Å². The molecular weight excluding hydrogens is 352 g/mol. The molecule has 0 aliphatic carbocycles. The summed E-state index contributed by atoms with van der Waals surface area (Å²) < 4.78 is 23.5. The van der Waals surface area contributed by atoms with Gasteiger partial charge in [-0.3, -0.25) is 0 Å². The summed E-state index contributed by atoms with van der Waals surface area (Å²) in [6, 6.07) is 0. The first kappa shape index (κ1) is 19.2. The maximum Gasteiger partial charge on any atom is 0.164 e. The van der Waals surface area contributed by atoms with E-state index in [9.17, 15) is 10.2 Å². The largest absolute Gasteiger partial charge is 0.388 e. The minimum atomic E-state index is -0.828. The van der Waals surface area contributed by atoms with Gasteiger partial charge in [0.15, 0.2) is 11.6 Å². The summed E-state index contributed by atoms with van der Waals surface area (Å²) in [7, 11) is 0. The van der Waals surface area contributed by atoms with Crippen LogP contribution in [0.4, 0.5) is 0 Å². The number of hydrogen-bond acceptors (Lipinski definition) is 8. The maximum absolute atomic E-state index is 10.9. The van der Waals surface area contributed by atoms with E-state index >= 15 is 0 Å². The van der Waals surface area contributed by atoms with Gasteiger partial charge in [0.2, 0.25) is 0 Å². The van der Waals surface area contributed by atoms with E-state index in [1.807, 2.05) is 27.7 Å². The van der Waals surface area contributed by atoms with Gasteiger partial charge in [0, 0.05) is 0 Å². The Morgan fingerprint density at radius 2 is 1.58 bits per heavy atom. The molecule has 0 bridgehead atoms. The number of aliphatic hydroxyl groups excluding tert-OH is 2. The number of ether oxygens (including phenoxy) is 4. The molecule has 1 unspecified atom stereocenters. The highest BCUT2D eigenvalue weighted by Crippen LogP contribution is 2.41. The van der Waals surface area contributed by atoms with E-state index in [-0.39, 0.29) is 11.2 Å². The normalized spacial score (nSPS) is 41.2. The molecule has 3 saturated heterocycles. The summed E-state index contributed by atoms with van der Waals surface area (Å²) in [4.78, 5) is 0. The van der Waals surface area contributed by atoms with Crippen LogP contribution in [0.2, 0.25) is 0 Å². The van der Waals surface area contributed by atoms with Crippen molar-refractivity contribution in [2.75, 3.05) is 18.1 Å². The molecule has 5 atom stereocenters. The average Bonchev–Trinajstić information content (AvgIpc) is 2.85. The monoisotopic (exact) mass is 380 g/mol.